The van der Waals surface area contributed by atoms with Crippen LogP contribution >= 0.6 is 15.9 Å². The fourth-order valence-corrected chi connectivity index (χ4v) is 4.22. The molecule has 116 valence electrons. The van der Waals surface area contributed by atoms with Crippen LogP contribution < -0.4 is 5.43 Å². The number of halogens is 1. The van der Waals surface area contributed by atoms with Gasteiger partial charge in [0.1, 0.15) is 0 Å². The highest BCUT2D eigenvalue weighted by Crippen LogP contribution is 2.44. The molecule has 2 fully saturated rings. The van der Waals surface area contributed by atoms with Crippen molar-refractivity contribution in [3.63, 3.8) is 0 Å². The molecule has 0 aliphatic carbocycles. The zero-order valence-corrected chi connectivity index (χ0v) is 14.3. The third kappa shape index (κ3) is 2.10. The number of rotatable bonds is 2. The molecule has 0 spiro atoms. The number of fused-ring (bicyclic) bond motifs is 2. The van der Waals surface area contributed by atoms with Crippen LogP contribution in [0.3, 0.4) is 0 Å². The summed E-state index contributed by atoms with van der Waals surface area (Å²) in [7, 11) is 0. The number of hydrazine groups is 1. The van der Waals surface area contributed by atoms with Crippen molar-refractivity contribution in [2.45, 2.75) is 38.3 Å². The average molecular weight is 362 g/mol. The molecule has 4 nitrogen and oxygen atoms in total. The predicted octanol–water partition coefficient (Wildman–Crippen LogP) is 2.98. The first-order valence-corrected chi connectivity index (χ1v) is 8.78. The minimum absolute atomic E-state index is 0.0751. The maximum Gasteiger partial charge on any atom is 0.241 e. The second-order valence-corrected chi connectivity index (χ2v) is 7.14. The van der Waals surface area contributed by atoms with Crippen LogP contribution in [0, 0.1) is 0 Å². The minimum atomic E-state index is 0.0751. The van der Waals surface area contributed by atoms with Gasteiger partial charge in [-0.2, -0.15) is 0 Å². The molecule has 22 heavy (non-hydrogen) atoms. The molecule has 5 heteroatoms. The van der Waals surface area contributed by atoms with E-state index >= 15 is 0 Å². The van der Waals surface area contributed by atoms with E-state index in [-0.39, 0.29) is 11.9 Å². The highest BCUT2D eigenvalue weighted by atomic mass is 79.9. The van der Waals surface area contributed by atoms with E-state index in [0.717, 1.165) is 30.4 Å². The van der Waals surface area contributed by atoms with E-state index in [9.17, 15) is 4.79 Å². The van der Waals surface area contributed by atoms with Gasteiger partial charge in [0.05, 0.1) is 17.8 Å². The van der Waals surface area contributed by atoms with E-state index < -0.39 is 0 Å². The molecule has 2 saturated heterocycles. The Morgan fingerprint density at radius 3 is 2.55 bits per heavy atom. The van der Waals surface area contributed by atoms with Crippen molar-refractivity contribution in [1.82, 2.24) is 15.3 Å². The minimum Gasteiger partial charge on any atom is -0.298 e. The van der Waals surface area contributed by atoms with Gasteiger partial charge < -0.3 is 0 Å². The number of carbonyl (C=O) groups is 1. The molecule has 1 N–H and O–H groups in total. The highest BCUT2D eigenvalue weighted by Gasteiger charge is 2.48. The summed E-state index contributed by atoms with van der Waals surface area (Å²) in [4.78, 5) is 15.0. The molecule has 0 radical (unpaired) electrons. The molecule has 4 aliphatic rings. The molecule has 2 bridgehead atoms. The largest absolute Gasteiger partial charge is 0.298 e. The number of amides is 1. The van der Waals surface area contributed by atoms with Gasteiger partial charge >= 0.3 is 0 Å². The number of hydrogen-bond acceptors (Lipinski definition) is 3. The molecule has 5 rings (SSSR count). The van der Waals surface area contributed by atoms with E-state index in [4.69, 9.17) is 0 Å². The molecule has 2 atom stereocenters. The van der Waals surface area contributed by atoms with Crippen LogP contribution in [0.5, 0.6) is 0 Å². The van der Waals surface area contributed by atoms with Gasteiger partial charge in [0.2, 0.25) is 5.91 Å². The predicted molar refractivity (Wildman–Crippen MR) is 88.8 cm³/mol. The van der Waals surface area contributed by atoms with Crippen LogP contribution in [0.4, 0.5) is 0 Å². The monoisotopic (exact) mass is 361 g/mol. The van der Waals surface area contributed by atoms with E-state index in [1.807, 2.05) is 11.9 Å². The van der Waals surface area contributed by atoms with Gasteiger partial charge in [0.25, 0.3) is 0 Å². The Balaban J connectivity index is 1.79. The summed E-state index contributed by atoms with van der Waals surface area (Å²) in [5, 5.41) is 1.87. The number of hydrogen-bond donors (Lipinski definition) is 1. The molecule has 1 aromatic carbocycles. The van der Waals surface area contributed by atoms with Crippen molar-refractivity contribution in [1.29, 1.82) is 0 Å². The maximum atomic E-state index is 12.5. The first-order valence-electron chi connectivity index (χ1n) is 7.99. The lowest BCUT2D eigenvalue weighted by Crippen LogP contribution is -2.48. The molecule has 0 saturated carbocycles. The zero-order valence-electron chi connectivity index (χ0n) is 12.7. The third-order valence-corrected chi connectivity index (χ3v) is 5.60. The summed E-state index contributed by atoms with van der Waals surface area (Å²) < 4.78 is 1.07. The van der Waals surface area contributed by atoms with E-state index in [2.05, 4.69) is 50.5 Å². The molecular weight excluding hydrogens is 342 g/mol. The summed E-state index contributed by atoms with van der Waals surface area (Å²) in [5.74, 6) is 0.163. The highest BCUT2D eigenvalue weighted by molar-refractivity contribution is 9.10. The summed E-state index contributed by atoms with van der Waals surface area (Å²) >= 11 is 3.50. The Bertz CT molecular complexity index is 630. The lowest BCUT2D eigenvalue weighted by atomic mass is 9.86. The lowest BCUT2D eigenvalue weighted by molar-refractivity contribution is -0.135. The molecular formula is C17H20BrN3O. The first kappa shape index (κ1) is 14.3. The summed E-state index contributed by atoms with van der Waals surface area (Å²) in [6.07, 6.45) is 2.80. The summed E-state index contributed by atoms with van der Waals surface area (Å²) in [6, 6.07) is 8.75. The zero-order chi connectivity index (χ0) is 15.3. The van der Waals surface area contributed by atoms with E-state index in [1.54, 1.807) is 0 Å². The van der Waals surface area contributed by atoms with Gasteiger partial charge in [-0.05, 0) is 36.1 Å². The number of nitrogens with zero attached hydrogens (tertiary/aromatic N) is 2. The van der Waals surface area contributed by atoms with Gasteiger partial charge in [0, 0.05) is 24.0 Å². The van der Waals surface area contributed by atoms with E-state index in [1.165, 1.54) is 16.8 Å². The molecule has 2 unspecified atom stereocenters. The quantitative estimate of drug-likeness (QED) is 0.879. The Morgan fingerprint density at radius 1 is 1.23 bits per heavy atom. The van der Waals surface area contributed by atoms with Gasteiger partial charge in [-0.15, -0.1) is 0 Å². The number of nitrogens with one attached hydrogen (secondary N) is 1. The maximum absolute atomic E-state index is 12.5. The van der Waals surface area contributed by atoms with Gasteiger partial charge in [0.15, 0.2) is 0 Å². The van der Waals surface area contributed by atoms with Crippen molar-refractivity contribution in [2.24, 2.45) is 0 Å². The summed E-state index contributed by atoms with van der Waals surface area (Å²) in [5.41, 5.74) is 7.45. The van der Waals surface area contributed by atoms with Crippen molar-refractivity contribution >= 4 is 21.8 Å². The normalized spacial score (nSPS) is 29.5. The second kappa shape index (κ2) is 5.39. The Labute approximate surface area is 139 Å². The SMILES string of the molecule is CCC(=O)N1NC2=C3CCN(CC3)C2C1c1ccc(Br)cc1. The summed E-state index contributed by atoms with van der Waals surface area (Å²) in [6.45, 7) is 4.16. The Morgan fingerprint density at radius 2 is 1.91 bits per heavy atom. The fraction of sp³-hybridized carbons (Fsp3) is 0.471. The van der Waals surface area contributed by atoms with Gasteiger partial charge in [-0.3, -0.25) is 15.1 Å². The van der Waals surface area contributed by atoms with Crippen LogP contribution in [0.15, 0.2) is 40.0 Å². The first-order chi connectivity index (χ1) is 10.7. The van der Waals surface area contributed by atoms with Crippen LogP contribution in [0.1, 0.15) is 37.8 Å². The number of carbonyl (C=O) groups excluding carboxylic acids is 1. The second-order valence-electron chi connectivity index (χ2n) is 6.22. The third-order valence-electron chi connectivity index (χ3n) is 5.07. The Hall–Kier alpha value is -1.33. The Kier molecular flexibility index (Phi) is 3.50. The molecule has 1 amide bonds. The van der Waals surface area contributed by atoms with Gasteiger partial charge in [-0.25, -0.2) is 5.01 Å². The number of piperidine rings is 1. The van der Waals surface area contributed by atoms with Crippen LogP contribution in [-0.2, 0) is 4.79 Å². The molecule has 4 heterocycles. The lowest BCUT2D eigenvalue weighted by Gasteiger charge is -2.42. The van der Waals surface area contributed by atoms with Crippen LogP contribution in [0.2, 0.25) is 0 Å². The van der Waals surface area contributed by atoms with Crippen LogP contribution in [0.25, 0.3) is 0 Å². The van der Waals surface area contributed by atoms with Crippen molar-refractivity contribution in [2.75, 3.05) is 13.1 Å². The molecule has 4 aliphatic heterocycles. The topological polar surface area (TPSA) is 35.6 Å². The molecule has 1 aromatic rings. The molecule has 0 aromatic heterocycles. The van der Waals surface area contributed by atoms with E-state index in [0.29, 0.717) is 12.5 Å². The van der Waals surface area contributed by atoms with Crippen molar-refractivity contribution in [3.05, 3.63) is 45.6 Å². The van der Waals surface area contributed by atoms with Crippen molar-refractivity contribution < 1.29 is 4.79 Å². The van der Waals surface area contributed by atoms with Crippen molar-refractivity contribution in [3.8, 4) is 0 Å². The number of benzene rings is 1. The smallest absolute Gasteiger partial charge is 0.241 e. The van der Waals surface area contributed by atoms with Crippen LogP contribution in [-0.4, -0.2) is 34.9 Å². The van der Waals surface area contributed by atoms with Gasteiger partial charge in [-0.1, -0.05) is 35.0 Å². The standard InChI is InChI=1S/C17H20BrN3O/c1-2-14(22)21-16(12-3-5-13(18)6-4-12)17-15(19-21)11-7-9-20(17)10-8-11/h3-6,16-17,19H,2,7-10H2,1H3. The fourth-order valence-electron chi connectivity index (χ4n) is 3.96. The average Bonchev–Trinajstić information content (AvgIpc) is 2.98.